The standard InChI is InChI=1S/C18H25BrFNO/c1-12(2)18(22)15(11-21-8-6-13(3)7-9-21)14-4-5-16(19)17(20)10-14/h4-5,10,12-13,15H,6-9,11H2,1-3H3/t15-/m0/s1. The topological polar surface area (TPSA) is 20.3 Å². The SMILES string of the molecule is CC1CCN(C[C@H](C(=O)C(C)C)c2ccc(Br)c(F)c2)CC1. The molecule has 0 radical (unpaired) electrons. The molecule has 0 bridgehead atoms. The Bertz CT molecular complexity index is 524. The summed E-state index contributed by atoms with van der Waals surface area (Å²) >= 11 is 3.18. The summed E-state index contributed by atoms with van der Waals surface area (Å²) in [5, 5.41) is 0. The Kier molecular flexibility index (Phi) is 6.16. The third-order valence-corrected chi connectivity index (χ3v) is 5.22. The molecule has 1 heterocycles. The molecule has 2 rings (SSSR count). The molecule has 1 aromatic rings. The zero-order valence-corrected chi connectivity index (χ0v) is 15.2. The smallest absolute Gasteiger partial charge is 0.144 e. The molecule has 2 nitrogen and oxygen atoms in total. The number of ketones is 1. The maximum Gasteiger partial charge on any atom is 0.144 e. The van der Waals surface area contributed by atoms with Gasteiger partial charge in [0.1, 0.15) is 11.6 Å². The van der Waals surface area contributed by atoms with Crippen LogP contribution in [0.25, 0.3) is 0 Å². The van der Waals surface area contributed by atoms with E-state index in [0.717, 1.165) is 24.6 Å². The van der Waals surface area contributed by atoms with E-state index >= 15 is 0 Å². The molecule has 1 atom stereocenters. The Morgan fingerprint density at radius 3 is 2.55 bits per heavy atom. The molecule has 1 fully saturated rings. The summed E-state index contributed by atoms with van der Waals surface area (Å²) in [6.45, 7) is 8.87. The van der Waals surface area contributed by atoms with E-state index in [4.69, 9.17) is 0 Å². The molecule has 0 N–H and O–H groups in total. The van der Waals surface area contributed by atoms with Gasteiger partial charge in [0.2, 0.25) is 0 Å². The highest BCUT2D eigenvalue weighted by Crippen LogP contribution is 2.27. The van der Waals surface area contributed by atoms with Gasteiger partial charge in [0.15, 0.2) is 0 Å². The normalized spacial score (nSPS) is 18.6. The van der Waals surface area contributed by atoms with Gasteiger partial charge in [-0.25, -0.2) is 4.39 Å². The van der Waals surface area contributed by atoms with E-state index in [0.29, 0.717) is 11.0 Å². The minimum Gasteiger partial charge on any atom is -0.302 e. The van der Waals surface area contributed by atoms with Crippen molar-refractivity contribution in [3.63, 3.8) is 0 Å². The van der Waals surface area contributed by atoms with Gasteiger partial charge in [0, 0.05) is 12.5 Å². The van der Waals surface area contributed by atoms with Crippen molar-refractivity contribution >= 4 is 21.7 Å². The maximum atomic E-state index is 13.9. The molecule has 0 aromatic heterocycles. The van der Waals surface area contributed by atoms with Gasteiger partial charge >= 0.3 is 0 Å². The summed E-state index contributed by atoms with van der Waals surface area (Å²) in [6, 6.07) is 5.07. The number of carbonyl (C=O) groups is 1. The van der Waals surface area contributed by atoms with Crippen LogP contribution < -0.4 is 0 Å². The van der Waals surface area contributed by atoms with Gasteiger partial charge in [-0.15, -0.1) is 0 Å². The number of benzene rings is 1. The number of piperidine rings is 1. The molecule has 1 aliphatic rings. The van der Waals surface area contributed by atoms with Crippen LogP contribution in [-0.2, 0) is 4.79 Å². The van der Waals surface area contributed by atoms with E-state index in [2.05, 4.69) is 27.8 Å². The second-order valence-corrected chi connectivity index (χ2v) is 7.62. The van der Waals surface area contributed by atoms with E-state index in [1.807, 2.05) is 19.9 Å². The van der Waals surface area contributed by atoms with Crippen molar-refractivity contribution < 1.29 is 9.18 Å². The summed E-state index contributed by atoms with van der Waals surface area (Å²) in [4.78, 5) is 15.0. The molecule has 122 valence electrons. The molecule has 0 unspecified atom stereocenters. The lowest BCUT2D eigenvalue weighted by molar-refractivity contribution is -0.123. The number of likely N-dealkylation sites (tertiary alicyclic amines) is 1. The molecule has 0 saturated carbocycles. The van der Waals surface area contributed by atoms with E-state index < -0.39 is 0 Å². The summed E-state index contributed by atoms with van der Waals surface area (Å²) in [5.41, 5.74) is 0.790. The summed E-state index contributed by atoms with van der Waals surface area (Å²) in [6.07, 6.45) is 2.36. The first kappa shape index (κ1) is 17.6. The largest absolute Gasteiger partial charge is 0.302 e. The van der Waals surface area contributed by atoms with Gasteiger partial charge in [0.05, 0.1) is 10.4 Å². The van der Waals surface area contributed by atoms with Crippen molar-refractivity contribution in [1.82, 2.24) is 4.90 Å². The lowest BCUT2D eigenvalue weighted by atomic mass is 9.87. The van der Waals surface area contributed by atoms with Crippen molar-refractivity contribution in [2.24, 2.45) is 11.8 Å². The predicted molar refractivity (Wildman–Crippen MR) is 91.5 cm³/mol. The van der Waals surface area contributed by atoms with Crippen molar-refractivity contribution in [2.45, 2.75) is 39.5 Å². The van der Waals surface area contributed by atoms with Gasteiger partial charge in [-0.3, -0.25) is 4.79 Å². The average Bonchev–Trinajstić information content (AvgIpc) is 2.49. The lowest BCUT2D eigenvalue weighted by Crippen LogP contribution is -2.38. The van der Waals surface area contributed by atoms with E-state index in [1.165, 1.54) is 18.9 Å². The monoisotopic (exact) mass is 369 g/mol. The van der Waals surface area contributed by atoms with Crippen LogP contribution in [0.3, 0.4) is 0 Å². The molecule has 0 spiro atoms. The fourth-order valence-corrected chi connectivity index (χ4v) is 3.24. The van der Waals surface area contributed by atoms with Crippen LogP contribution in [0.4, 0.5) is 4.39 Å². The van der Waals surface area contributed by atoms with Crippen LogP contribution in [0.2, 0.25) is 0 Å². The fraction of sp³-hybridized carbons (Fsp3) is 0.611. The van der Waals surface area contributed by atoms with Crippen LogP contribution in [-0.4, -0.2) is 30.3 Å². The number of halogens is 2. The minimum atomic E-state index is -0.300. The zero-order valence-electron chi connectivity index (χ0n) is 13.6. The van der Waals surface area contributed by atoms with E-state index in [-0.39, 0.29) is 23.4 Å². The lowest BCUT2D eigenvalue weighted by Gasteiger charge is -2.33. The van der Waals surface area contributed by atoms with Crippen LogP contribution in [0.5, 0.6) is 0 Å². The number of carbonyl (C=O) groups excluding carboxylic acids is 1. The highest BCUT2D eigenvalue weighted by atomic mass is 79.9. The zero-order chi connectivity index (χ0) is 16.3. The van der Waals surface area contributed by atoms with Gasteiger partial charge in [-0.1, -0.05) is 26.8 Å². The van der Waals surface area contributed by atoms with Gasteiger partial charge in [-0.05, 0) is 65.5 Å². The Balaban J connectivity index is 2.19. The predicted octanol–water partition coefficient (Wildman–Crippen LogP) is 4.63. The first-order chi connectivity index (χ1) is 10.4. The number of nitrogens with zero attached hydrogens (tertiary/aromatic N) is 1. The number of hydrogen-bond acceptors (Lipinski definition) is 2. The first-order valence-corrected chi connectivity index (χ1v) is 8.88. The third-order valence-electron chi connectivity index (χ3n) is 4.58. The number of rotatable bonds is 5. The highest BCUT2D eigenvalue weighted by Gasteiger charge is 2.27. The van der Waals surface area contributed by atoms with E-state index in [9.17, 15) is 9.18 Å². The Morgan fingerprint density at radius 1 is 1.36 bits per heavy atom. The second-order valence-electron chi connectivity index (χ2n) is 6.77. The second kappa shape index (κ2) is 7.69. The third kappa shape index (κ3) is 4.39. The van der Waals surface area contributed by atoms with Crippen molar-refractivity contribution in [1.29, 1.82) is 0 Å². The van der Waals surface area contributed by atoms with Gasteiger partial charge in [0.25, 0.3) is 0 Å². The maximum absolute atomic E-state index is 13.9. The molecule has 22 heavy (non-hydrogen) atoms. The quantitative estimate of drug-likeness (QED) is 0.753. The Morgan fingerprint density at radius 2 is 2.00 bits per heavy atom. The van der Waals surface area contributed by atoms with E-state index in [1.54, 1.807) is 6.07 Å². The van der Waals surface area contributed by atoms with Crippen LogP contribution in [0, 0.1) is 17.7 Å². The fourth-order valence-electron chi connectivity index (χ4n) is 2.99. The van der Waals surface area contributed by atoms with Crippen LogP contribution in [0.15, 0.2) is 22.7 Å². The van der Waals surface area contributed by atoms with Crippen molar-refractivity contribution in [2.75, 3.05) is 19.6 Å². The molecule has 0 amide bonds. The summed E-state index contributed by atoms with van der Waals surface area (Å²) in [7, 11) is 0. The molecule has 1 aromatic carbocycles. The Hall–Kier alpha value is -0.740. The minimum absolute atomic E-state index is 0.0413. The number of hydrogen-bond donors (Lipinski definition) is 0. The average molecular weight is 370 g/mol. The van der Waals surface area contributed by atoms with Gasteiger partial charge < -0.3 is 4.90 Å². The Labute approximate surface area is 141 Å². The van der Waals surface area contributed by atoms with Crippen molar-refractivity contribution in [3.05, 3.63) is 34.1 Å². The first-order valence-electron chi connectivity index (χ1n) is 8.09. The molecule has 1 saturated heterocycles. The van der Waals surface area contributed by atoms with Crippen molar-refractivity contribution in [3.8, 4) is 0 Å². The molecule has 0 aliphatic carbocycles. The molecular formula is C18H25BrFNO. The van der Waals surface area contributed by atoms with Crippen LogP contribution in [0.1, 0.15) is 45.1 Å². The highest BCUT2D eigenvalue weighted by molar-refractivity contribution is 9.10. The number of Topliss-reactive ketones (excluding diaryl/α,β-unsaturated/α-hetero) is 1. The summed E-state index contributed by atoms with van der Waals surface area (Å²) in [5.74, 6) is 0.378. The summed E-state index contributed by atoms with van der Waals surface area (Å²) < 4.78 is 14.3. The molecule has 1 aliphatic heterocycles. The molecule has 4 heteroatoms. The van der Waals surface area contributed by atoms with Crippen LogP contribution >= 0.6 is 15.9 Å². The van der Waals surface area contributed by atoms with Gasteiger partial charge in [-0.2, -0.15) is 0 Å². The molecular weight excluding hydrogens is 345 g/mol.